The van der Waals surface area contributed by atoms with Gasteiger partial charge in [0.25, 0.3) is 0 Å². The zero-order chi connectivity index (χ0) is 7.59. The fourth-order valence-electron chi connectivity index (χ4n) is 3.52. The van der Waals surface area contributed by atoms with E-state index in [1.807, 2.05) is 0 Å². The molecule has 0 aliphatic heterocycles. The summed E-state index contributed by atoms with van der Waals surface area (Å²) in [4.78, 5) is 11.3. The monoisotopic (exact) mass is 152 g/mol. The lowest BCUT2D eigenvalue weighted by atomic mass is 10.00. The van der Waals surface area contributed by atoms with Gasteiger partial charge in [-0.2, -0.15) is 0 Å². The zero-order valence-electron chi connectivity index (χ0n) is 6.36. The molecule has 0 spiro atoms. The highest BCUT2D eigenvalue weighted by Gasteiger charge is 2.67. The van der Waals surface area contributed by atoms with Crippen LogP contribution in [-0.2, 0) is 4.79 Å². The maximum Gasteiger partial charge on any atom is 0.136 e. The molecule has 0 aromatic heterocycles. The molecule has 11 heavy (non-hydrogen) atoms. The minimum atomic E-state index is 0.315. The minimum absolute atomic E-state index is 0.315. The molecule has 2 bridgehead atoms. The first-order chi connectivity index (χ1) is 5.33. The van der Waals surface area contributed by atoms with Crippen molar-refractivity contribution < 1.29 is 9.90 Å². The van der Waals surface area contributed by atoms with E-state index < -0.39 is 0 Å². The number of hydrogen-bond acceptors (Lipinski definition) is 2. The van der Waals surface area contributed by atoms with E-state index in [-0.39, 0.29) is 0 Å². The van der Waals surface area contributed by atoms with Crippen molar-refractivity contribution in [1.29, 1.82) is 0 Å². The van der Waals surface area contributed by atoms with Crippen LogP contribution in [-0.4, -0.2) is 17.5 Å². The highest BCUT2D eigenvalue weighted by atomic mass is 16.3. The number of aliphatic hydroxyl groups is 1. The molecule has 3 rings (SSSR count). The maximum atomic E-state index is 11.3. The van der Waals surface area contributed by atoms with Crippen LogP contribution >= 0.6 is 0 Å². The molecule has 0 aromatic carbocycles. The van der Waals surface area contributed by atoms with Crippen molar-refractivity contribution in [2.24, 2.45) is 29.6 Å². The molecule has 60 valence electrons. The molecular weight excluding hydrogens is 140 g/mol. The van der Waals surface area contributed by atoms with Crippen LogP contribution in [0, 0.1) is 29.6 Å². The Bertz CT molecular complexity index is 224. The lowest BCUT2D eigenvalue weighted by Crippen LogP contribution is -2.11. The Labute approximate surface area is 65.6 Å². The van der Waals surface area contributed by atoms with Crippen molar-refractivity contribution in [3.63, 3.8) is 0 Å². The maximum absolute atomic E-state index is 11.3. The molecule has 5 atom stereocenters. The number of fused-ring (bicyclic) bond motifs is 5. The summed E-state index contributed by atoms with van der Waals surface area (Å²) in [5.41, 5.74) is 0. The topological polar surface area (TPSA) is 37.3 Å². The summed E-state index contributed by atoms with van der Waals surface area (Å²) in [5, 5.41) is 8.95. The van der Waals surface area contributed by atoms with Crippen molar-refractivity contribution in [1.82, 2.24) is 0 Å². The first-order valence-electron chi connectivity index (χ1n) is 4.46. The molecule has 0 heterocycles. The van der Waals surface area contributed by atoms with Crippen LogP contribution in [0.15, 0.2) is 0 Å². The second-order valence-corrected chi connectivity index (χ2v) is 4.27. The third kappa shape index (κ3) is 0.560. The Morgan fingerprint density at radius 3 is 2.91 bits per heavy atom. The standard InChI is InChI=1S/C9H12O2/c10-3-6-8-4-1-5(9(6)8)7(11)2-4/h4-6,8-10H,1-3H2/t4-,5+,6-,8+,9-/m1/s1. The molecule has 0 unspecified atom stereocenters. The number of carbonyl (C=O) groups is 1. The predicted molar refractivity (Wildman–Crippen MR) is 38.8 cm³/mol. The van der Waals surface area contributed by atoms with Gasteiger partial charge >= 0.3 is 0 Å². The predicted octanol–water partition coefficient (Wildman–Crippen LogP) is 0.450. The largest absolute Gasteiger partial charge is 0.396 e. The Morgan fingerprint density at radius 1 is 1.45 bits per heavy atom. The van der Waals surface area contributed by atoms with Gasteiger partial charge in [-0.25, -0.2) is 0 Å². The lowest BCUT2D eigenvalue weighted by molar-refractivity contribution is -0.122. The third-order valence-electron chi connectivity index (χ3n) is 3.95. The average molecular weight is 152 g/mol. The number of ketones is 1. The van der Waals surface area contributed by atoms with Crippen LogP contribution in [0.3, 0.4) is 0 Å². The van der Waals surface area contributed by atoms with Gasteiger partial charge < -0.3 is 5.11 Å². The average Bonchev–Trinajstić information content (AvgIpc) is 2.48. The van der Waals surface area contributed by atoms with Gasteiger partial charge in [-0.15, -0.1) is 0 Å². The number of hydrogen-bond donors (Lipinski definition) is 1. The molecule has 0 saturated heterocycles. The molecule has 3 aliphatic carbocycles. The third-order valence-corrected chi connectivity index (χ3v) is 3.95. The highest BCUT2D eigenvalue weighted by Crippen LogP contribution is 2.67. The Balaban J connectivity index is 1.88. The Hall–Kier alpha value is -0.370. The molecule has 3 fully saturated rings. The van der Waals surface area contributed by atoms with Gasteiger partial charge in [0.2, 0.25) is 0 Å². The second-order valence-electron chi connectivity index (χ2n) is 4.27. The highest BCUT2D eigenvalue weighted by molar-refractivity contribution is 5.85. The molecule has 2 heteroatoms. The summed E-state index contributed by atoms with van der Waals surface area (Å²) in [5.74, 6) is 3.35. The van der Waals surface area contributed by atoms with Crippen LogP contribution < -0.4 is 0 Å². The van der Waals surface area contributed by atoms with Crippen LogP contribution in [0.4, 0.5) is 0 Å². The van der Waals surface area contributed by atoms with E-state index in [4.69, 9.17) is 5.11 Å². The molecule has 3 aliphatic rings. The van der Waals surface area contributed by atoms with Gasteiger partial charge in [-0.1, -0.05) is 0 Å². The molecule has 0 aromatic rings. The molecule has 3 saturated carbocycles. The van der Waals surface area contributed by atoms with Gasteiger partial charge in [-0.3, -0.25) is 4.79 Å². The quantitative estimate of drug-likeness (QED) is 0.592. The number of carbonyl (C=O) groups excluding carboxylic acids is 1. The van der Waals surface area contributed by atoms with Gasteiger partial charge in [0.05, 0.1) is 0 Å². The summed E-state index contributed by atoms with van der Waals surface area (Å²) >= 11 is 0. The van der Waals surface area contributed by atoms with Crippen LogP contribution in [0.25, 0.3) is 0 Å². The normalized spacial score (nSPS) is 58.3. The van der Waals surface area contributed by atoms with Gasteiger partial charge in [0, 0.05) is 18.9 Å². The fraction of sp³-hybridized carbons (Fsp3) is 0.889. The molecule has 0 amide bonds. The first kappa shape index (κ1) is 6.18. The molecule has 2 nitrogen and oxygen atoms in total. The summed E-state index contributed by atoms with van der Waals surface area (Å²) in [6.07, 6.45) is 1.97. The van der Waals surface area contributed by atoms with Gasteiger partial charge in [0.15, 0.2) is 0 Å². The van der Waals surface area contributed by atoms with Crippen LogP contribution in [0.1, 0.15) is 12.8 Å². The number of Topliss-reactive ketones (excluding diaryl/α,β-unsaturated/α-hetero) is 1. The SMILES string of the molecule is O=C1C[C@H]2C[C@@H]1[C@@H]1[C@H](CO)[C@H]21. The van der Waals surface area contributed by atoms with E-state index in [1.54, 1.807) is 0 Å². The smallest absolute Gasteiger partial charge is 0.136 e. The summed E-state index contributed by atoms with van der Waals surface area (Å²) in [6, 6.07) is 0. The molecule has 1 N–H and O–H groups in total. The van der Waals surface area contributed by atoms with E-state index in [9.17, 15) is 4.79 Å². The van der Waals surface area contributed by atoms with E-state index in [0.717, 1.165) is 18.8 Å². The first-order valence-corrected chi connectivity index (χ1v) is 4.46. The second kappa shape index (κ2) is 1.69. The van der Waals surface area contributed by atoms with Crippen molar-refractivity contribution in [3.05, 3.63) is 0 Å². The summed E-state index contributed by atoms with van der Waals surface area (Å²) < 4.78 is 0. The van der Waals surface area contributed by atoms with E-state index >= 15 is 0 Å². The van der Waals surface area contributed by atoms with Crippen molar-refractivity contribution in [2.45, 2.75) is 12.8 Å². The van der Waals surface area contributed by atoms with Crippen LogP contribution in [0.2, 0.25) is 0 Å². The Kier molecular flexibility index (Phi) is 0.947. The van der Waals surface area contributed by atoms with E-state index in [2.05, 4.69) is 0 Å². The zero-order valence-corrected chi connectivity index (χ0v) is 6.36. The van der Waals surface area contributed by atoms with Gasteiger partial charge in [-0.05, 0) is 30.1 Å². The summed E-state index contributed by atoms with van der Waals surface area (Å²) in [7, 11) is 0. The van der Waals surface area contributed by atoms with Gasteiger partial charge in [0.1, 0.15) is 5.78 Å². The molecule has 0 radical (unpaired) electrons. The van der Waals surface area contributed by atoms with E-state index in [0.29, 0.717) is 36.1 Å². The lowest BCUT2D eigenvalue weighted by Gasteiger charge is -2.03. The summed E-state index contributed by atoms with van der Waals surface area (Å²) in [6.45, 7) is 0.315. The van der Waals surface area contributed by atoms with Crippen molar-refractivity contribution in [2.75, 3.05) is 6.61 Å². The Morgan fingerprint density at radius 2 is 2.27 bits per heavy atom. The number of rotatable bonds is 1. The number of aliphatic hydroxyl groups excluding tert-OH is 1. The molecular formula is C9H12O2. The minimum Gasteiger partial charge on any atom is -0.396 e. The van der Waals surface area contributed by atoms with E-state index in [1.165, 1.54) is 0 Å². The van der Waals surface area contributed by atoms with Crippen LogP contribution in [0.5, 0.6) is 0 Å². The van der Waals surface area contributed by atoms with Crippen molar-refractivity contribution >= 4 is 5.78 Å². The fourth-order valence-corrected chi connectivity index (χ4v) is 3.52. The van der Waals surface area contributed by atoms with Crippen molar-refractivity contribution in [3.8, 4) is 0 Å².